The Morgan fingerprint density at radius 1 is 1.41 bits per heavy atom. The van der Waals surface area contributed by atoms with E-state index in [2.05, 4.69) is 23.0 Å². The van der Waals surface area contributed by atoms with Crippen molar-refractivity contribution in [2.75, 3.05) is 0 Å². The largest absolute Gasteiger partial charge is 0.392 e. The van der Waals surface area contributed by atoms with Gasteiger partial charge in [0, 0.05) is 17.8 Å². The van der Waals surface area contributed by atoms with E-state index in [1.165, 1.54) is 5.56 Å². The third-order valence-electron chi connectivity index (χ3n) is 3.21. The van der Waals surface area contributed by atoms with Crippen LogP contribution in [0.1, 0.15) is 35.2 Å². The SMILES string of the molecule is Cc1c(CO)cccc1[C@@H](C)c1c[nH]c(=S)[nH]1. The molecule has 0 bridgehead atoms. The molecule has 0 unspecified atom stereocenters. The second-order valence-corrected chi connectivity index (χ2v) is 4.62. The molecule has 0 aliphatic rings. The van der Waals surface area contributed by atoms with Crippen LogP contribution in [-0.2, 0) is 6.61 Å². The Kier molecular flexibility index (Phi) is 3.45. The van der Waals surface area contributed by atoms with E-state index in [1.807, 2.05) is 25.3 Å². The fourth-order valence-electron chi connectivity index (χ4n) is 2.09. The van der Waals surface area contributed by atoms with E-state index in [-0.39, 0.29) is 12.5 Å². The average Bonchev–Trinajstić information content (AvgIpc) is 2.75. The number of hydrogen-bond acceptors (Lipinski definition) is 2. The molecule has 2 aromatic rings. The smallest absolute Gasteiger partial charge is 0.174 e. The molecular weight excluding hydrogens is 232 g/mol. The van der Waals surface area contributed by atoms with Gasteiger partial charge in [-0.05, 0) is 35.8 Å². The first-order valence-electron chi connectivity index (χ1n) is 5.60. The molecule has 1 aromatic carbocycles. The van der Waals surface area contributed by atoms with Crippen LogP contribution in [0.15, 0.2) is 24.4 Å². The number of hydrogen-bond donors (Lipinski definition) is 3. The van der Waals surface area contributed by atoms with Crippen LogP contribution >= 0.6 is 12.2 Å². The molecule has 3 nitrogen and oxygen atoms in total. The van der Waals surface area contributed by atoms with Crippen molar-refractivity contribution in [3.05, 3.63) is 51.6 Å². The third-order valence-corrected chi connectivity index (χ3v) is 3.43. The second kappa shape index (κ2) is 4.85. The van der Waals surface area contributed by atoms with Crippen molar-refractivity contribution in [1.29, 1.82) is 0 Å². The number of aromatic amines is 2. The van der Waals surface area contributed by atoms with Gasteiger partial charge in [0.05, 0.1) is 6.61 Å². The van der Waals surface area contributed by atoms with Gasteiger partial charge in [-0.2, -0.15) is 0 Å². The molecule has 2 rings (SSSR count). The summed E-state index contributed by atoms with van der Waals surface area (Å²) < 4.78 is 0.641. The monoisotopic (exact) mass is 248 g/mol. The van der Waals surface area contributed by atoms with Crippen molar-refractivity contribution >= 4 is 12.2 Å². The molecule has 1 aromatic heterocycles. The Bertz CT molecular complexity index is 571. The molecule has 17 heavy (non-hydrogen) atoms. The number of aliphatic hydroxyl groups excluding tert-OH is 1. The molecular formula is C13H16N2OS. The predicted octanol–water partition coefficient (Wildman–Crippen LogP) is 3.02. The molecule has 90 valence electrons. The summed E-state index contributed by atoms with van der Waals surface area (Å²) in [6, 6.07) is 6.01. The lowest BCUT2D eigenvalue weighted by Gasteiger charge is -2.15. The quantitative estimate of drug-likeness (QED) is 0.731. The third kappa shape index (κ3) is 2.33. The summed E-state index contributed by atoms with van der Waals surface area (Å²) in [7, 11) is 0. The van der Waals surface area contributed by atoms with Crippen LogP contribution in [0.5, 0.6) is 0 Å². The van der Waals surface area contributed by atoms with Crippen molar-refractivity contribution in [3.63, 3.8) is 0 Å². The average molecular weight is 248 g/mol. The lowest BCUT2D eigenvalue weighted by molar-refractivity contribution is 0.281. The lowest BCUT2D eigenvalue weighted by atomic mass is 9.91. The van der Waals surface area contributed by atoms with Crippen LogP contribution in [0.25, 0.3) is 0 Å². The van der Waals surface area contributed by atoms with E-state index in [0.717, 1.165) is 16.8 Å². The number of benzene rings is 1. The number of imidazole rings is 1. The highest BCUT2D eigenvalue weighted by molar-refractivity contribution is 7.71. The van der Waals surface area contributed by atoms with Gasteiger partial charge in [0.1, 0.15) is 0 Å². The van der Waals surface area contributed by atoms with Crippen molar-refractivity contribution in [2.45, 2.75) is 26.4 Å². The normalized spacial score (nSPS) is 12.6. The minimum absolute atomic E-state index is 0.0789. The lowest BCUT2D eigenvalue weighted by Crippen LogP contribution is -2.02. The molecule has 0 spiro atoms. The summed E-state index contributed by atoms with van der Waals surface area (Å²) in [4.78, 5) is 6.11. The van der Waals surface area contributed by atoms with E-state index >= 15 is 0 Å². The maximum Gasteiger partial charge on any atom is 0.174 e. The van der Waals surface area contributed by atoms with E-state index < -0.39 is 0 Å². The van der Waals surface area contributed by atoms with Crippen LogP contribution < -0.4 is 0 Å². The minimum Gasteiger partial charge on any atom is -0.392 e. The van der Waals surface area contributed by atoms with Crippen molar-refractivity contribution in [2.24, 2.45) is 0 Å². The summed E-state index contributed by atoms with van der Waals surface area (Å²) in [6.45, 7) is 4.24. The van der Waals surface area contributed by atoms with E-state index in [0.29, 0.717) is 4.77 Å². The number of rotatable bonds is 3. The number of H-pyrrole nitrogens is 2. The Hall–Kier alpha value is -1.39. The first kappa shape index (κ1) is 12.1. The van der Waals surface area contributed by atoms with Crippen LogP contribution in [0.3, 0.4) is 0 Å². The molecule has 4 heteroatoms. The maximum atomic E-state index is 9.27. The van der Waals surface area contributed by atoms with Gasteiger partial charge in [0.25, 0.3) is 0 Å². The predicted molar refractivity (Wildman–Crippen MR) is 70.6 cm³/mol. The zero-order valence-electron chi connectivity index (χ0n) is 9.95. The summed E-state index contributed by atoms with van der Waals surface area (Å²) in [5, 5.41) is 9.27. The summed E-state index contributed by atoms with van der Waals surface area (Å²) >= 11 is 5.03. The zero-order chi connectivity index (χ0) is 12.4. The minimum atomic E-state index is 0.0789. The molecule has 1 atom stereocenters. The van der Waals surface area contributed by atoms with Crippen molar-refractivity contribution in [3.8, 4) is 0 Å². The molecule has 3 N–H and O–H groups in total. The maximum absolute atomic E-state index is 9.27. The molecule has 0 saturated carbocycles. The first-order chi connectivity index (χ1) is 8.13. The van der Waals surface area contributed by atoms with Gasteiger partial charge >= 0.3 is 0 Å². The van der Waals surface area contributed by atoms with Crippen LogP contribution in [0, 0.1) is 11.7 Å². The highest BCUT2D eigenvalue weighted by Gasteiger charge is 2.13. The first-order valence-corrected chi connectivity index (χ1v) is 6.01. The Morgan fingerprint density at radius 2 is 2.18 bits per heavy atom. The van der Waals surface area contributed by atoms with E-state index in [4.69, 9.17) is 12.2 Å². The number of aromatic nitrogens is 2. The van der Waals surface area contributed by atoms with Crippen molar-refractivity contribution in [1.82, 2.24) is 9.97 Å². The molecule has 0 amide bonds. The van der Waals surface area contributed by atoms with Crippen LogP contribution in [0.4, 0.5) is 0 Å². The molecule has 0 saturated heterocycles. The summed E-state index contributed by atoms with van der Waals surface area (Å²) in [5.74, 6) is 0.231. The fourth-order valence-corrected chi connectivity index (χ4v) is 2.27. The highest BCUT2D eigenvalue weighted by Crippen LogP contribution is 2.27. The summed E-state index contributed by atoms with van der Waals surface area (Å²) in [5.41, 5.74) is 4.39. The number of nitrogens with one attached hydrogen (secondary N) is 2. The molecule has 0 aliphatic carbocycles. The van der Waals surface area contributed by atoms with Crippen molar-refractivity contribution < 1.29 is 5.11 Å². The van der Waals surface area contributed by atoms with Crippen LogP contribution in [-0.4, -0.2) is 15.1 Å². The van der Waals surface area contributed by atoms with Gasteiger partial charge in [-0.1, -0.05) is 25.1 Å². The Labute approximate surface area is 106 Å². The van der Waals surface area contributed by atoms with Gasteiger partial charge in [-0.25, -0.2) is 0 Å². The molecule has 0 aliphatic heterocycles. The van der Waals surface area contributed by atoms with Gasteiger partial charge < -0.3 is 15.1 Å². The van der Waals surface area contributed by atoms with Gasteiger partial charge in [0.2, 0.25) is 0 Å². The Balaban J connectivity index is 2.43. The number of aliphatic hydroxyl groups is 1. The summed E-state index contributed by atoms with van der Waals surface area (Å²) in [6.07, 6.45) is 1.90. The Morgan fingerprint density at radius 3 is 2.76 bits per heavy atom. The van der Waals surface area contributed by atoms with Crippen LogP contribution in [0.2, 0.25) is 0 Å². The fraction of sp³-hybridized carbons (Fsp3) is 0.308. The second-order valence-electron chi connectivity index (χ2n) is 4.21. The standard InChI is InChI=1S/C13H16N2OS/c1-8-10(7-16)4-3-5-11(8)9(2)12-6-14-13(17)15-12/h3-6,9,16H,7H2,1-2H3,(H2,14,15,17)/t9-/m1/s1. The highest BCUT2D eigenvalue weighted by atomic mass is 32.1. The van der Waals surface area contributed by atoms with Gasteiger partial charge in [0.15, 0.2) is 4.77 Å². The van der Waals surface area contributed by atoms with E-state index in [1.54, 1.807) is 0 Å². The van der Waals surface area contributed by atoms with Gasteiger partial charge in [-0.15, -0.1) is 0 Å². The molecule has 0 radical (unpaired) electrons. The molecule has 1 heterocycles. The van der Waals surface area contributed by atoms with Gasteiger partial charge in [-0.3, -0.25) is 0 Å². The molecule has 0 fully saturated rings. The zero-order valence-corrected chi connectivity index (χ0v) is 10.8. The topological polar surface area (TPSA) is 51.8 Å². The van der Waals surface area contributed by atoms with E-state index in [9.17, 15) is 5.11 Å².